The summed E-state index contributed by atoms with van der Waals surface area (Å²) in [5, 5.41) is 0. The highest BCUT2D eigenvalue weighted by molar-refractivity contribution is 5.96. The summed E-state index contributed by atoms with van der Waals surface area (Å²) < 4.78 is 5.43. The van der Waals surface area contributed by atoms with Crippen LogP contribution in [-0.2, 0) is 11.2 Å². The van der Waals surface area contributed by atoms with Gasteiger partial charge in [-0.15, -0.1) is 0 Å². The minimum atomic E-state index is 0.177. The highest BCUT2D eigenvalue weighted by atomic mass is 16.5. The van der Waals surface area contributed by atoms with Gasteiger partial charge in [0.2, 0.25) is 5.91 Å². The number of methoxy groups -OCH3 is 1. The van der Waals surface area contributed by atoms with Crippen molar-refractivity contribution in [2.75, 3.05) is 25.1 Å². The first-order valence-electron chi connectivity index (χ1n) is 7.33. The Kier molecular flexibility index (Phi) is 5.01. The Morgan fingerprint density at radius 2 is 2.30 bits per heavy atom. The van der Waals surface area contributed by atoms with Gasteiger partial charge in [-0.25, -0.2) is 0 Å². The molecule has 1 unspecified atom stereocenters. The van der Waals surface area contributed by atoms with Gasteiger partial charge in [-0.1, -0.05) is 19.1 Å². The molecule has 0 saturated carbocycles. The molecule has 0 aromatic heterocycles. The van der Waals surface area contributed by atoms with E-state index in [1.54, 1.807) is 7.11 Å². The molecular formula is C16H24N2O2. The fraction of sp³-hybridized carbons (Fsp3) is 0.562. The second-order valence-corrected chi connectivity index (χ2v) is 5.50. The van der Waals surface area contributed by atoms with E-state index in [2.05, 4.69) is 13.0 Å². The van der Waals surface area contributed by atoms with Gasteiger partial charge in [0.05, 0.1) is 12.8 Å². The summed E-state index contributed by atoms with van der Waals surface area (Å²) in [7, 11) is 1.66. The van der Waals surface area contributed by atoms with Crippen molar-refractivity contribution in [2.45, 2.75) is 32.6 Å². The molecule has 1 amide bonds. The fourth-order valence-electron chi connectivity index (χ4n) is 2.65. The molecule has 110 valence electrons. The lowest BCUT2D eigenvalue weighted by Gasteiger charge is -2.31. The van der Waals surface area contributed by atoms with Crippen molar-refractivity contribution < 1.29 is 9.53 Å². The molecule has 0 radical (unpaired) electrons. The first kappa shape index (κ1) is 14.9. The first-order valence-corrected chi connectivity index (χ1v) is 7.33. The highest BCUT2D eigenvalue weighted by Gasteiger charge is 2.25. The molecule has 2 rings (SSSR count). The lowest BCUT2D eigenvalue weighted by atomic mass is 9.99. The van der Waals surface area contributed by atoms with Crippen LogP contribution in [0.3, 0.4) is 0 Å². The predicted octanol–water partition coefficient (Wildman–Crippen LogP) is 2.35. The van der Waals surface area contributed by atoms with Crippen LogP contribution in [0.1, 0.15) is 31.7 Å². The third-order valence-corrected chi connectivity index (χ3v) is 3.95. The second kappa shape index (κ2) is 6.75. The van der Waals surface area contributed by atoms with Crippen molar-refractivity contribution in [3.05, 3.63) is 23.8 Å². The zero-order chi connectivity index (χ0) is 14.5. The molecule has 1 aromatic carbocycles. The zero-order valence-corrected chi connectivity index (χ0v) is 12.4. The number of hydrogen-bond acceptors (Lipinski definition) is 3. The van der Waals surface area contributed by atoms with Crippen molar-refractivity contribution in [3.8, 4) is 5.75 Å². The molecule has 0 fully saturated rings. The number of rotatable bonds is 5. The van der Waals surface area contributed by atoms with Crippen molar-refractivity contribution in [2.24, 2.45) is 11.7 Å². The predicted molar refractivity (Wildman–Crippen MR) is 81.1 cm³/mol. The largest absolute Gasteiger partial charge is 0.495 e. The van der Waals surface area contributed by atoms with Gasteiger partial charge in [0.1, 0.15) is 5.75 Å². The van der Waals surface area contributed by atoms with E-state index < -0.39 is 0 Å². The van der Waals surface area contributed by atoms with E-state index in [4.69, 9.17) is 10.5 Å². The lowest BCUT2D eigenvalue weighted by molar-refractivity contribution is -0.119. The number of para-hydroxylation sites is 1. The number of ether oxygens (including phenoxy) is 1. The van der Waals surface area contributed by atoms with Crippen molar-refractivity contribution in [1.29, 1.82) is 0 Å². The second-order valence-electron chi connectivity index (χ2n) is 5.50. The number of aryl methyl sites for hydroxylation is 1. The maximum Gasteiger partial charge on any atom is 0.227 e. The van der Waals surface area contributed by atoms with Gasteiger partial charge in [0, 0.05) is 13.0 Å². The van der Waals surface area contributed by atoms with E-state index in [0.717, 1.165) is 37.2 Å². The van der Waals surface area contributed by atoms with E-state index in [1.165, 1.54) is 5.56 Å². The SMILES string of the molecule is COc1cccc2c1N(C(=O)CCC(C)CN)CCC2. The quantitative estimate of drug-likeness (QED) is 0.898. The topological polar surface area (TPSA) is 55.6 Å². The molecule has 0 aliphatic carbocycles. The van der Waals surface area contributed by atoms with Crippen LogP contribution < -0.4 is 15.4 Å². The Hall–Kier alpha value is -1.55. The zero-order valence-electron chi connectivity index (χ0n) is 12.4. The van der Waals surface area contributed by atoms with E-state index in [0.29, 0.717) is 18.9 Å². The van der Waals surface area contributed by atoms with Gasteiger partial charge >= 0.3 is 0 Å². The lowest BCUT2D eigenvalue weighted by Crippen LogP contribution is -2.36. The number of fused-ring (bicyclic) bond motifs is 1. The van der Waals surface area contributed by atoms with E-state index in [-0.39, 0.29) is 5.91 Å². The van der Waals surface area contributed by atoms with Crippen LogP contribution in [-0.4, -0.2) is 26.1 Å². The van der Waals surface area contributed by atoms with Gasteiger partial charge < -0.3 is 15.4 Å². The normalized spacial score (nSPS) is 15.7. The van der Waals surface area contributed by atoms with Crippen LogP contribution in [0.5, 0.6) is 5.75 Å². The monoisotopic (exact) mass is 276 g/mol. The fourth-order valence-corrected chi connectivity index (χ4v) is 2.65. The molecule has 1 aliphatic heterocycles. The van der Waals surface area contributed by atoms with Gasteiger partial charge in [-0.05, 0) is 43.4 Å². The maximum atomic E-state index is 12.5. The number of hydrogen-bond donors (Lipinski definition) is 1. The number of nitrogens with two attached hydrogens (primary N) is 1. The average Bonchev–Trinajstić information content (AvgIpc) is 2.50. The van der Waals surface area contributed by atoms with Gasteiger partial charge in [0.25, 0.3) is 0 Å². The van der Waals surface area contributed by atoms with Gasteiger partial charge in [0.15, 0.2) is 0 Å². The minimum absolute atomic E-state index is 0.177. The number of carbonyl (C=O) groups is 1. The third kappa shape index (κ3) is 3.12. The van der Waals surface area contributed by atoms with Crippen LogP contribution in [0.2, 0.25) is 0 Å². The number of benzene rings is 1. The highest BCUT2D eigenvalue weighted by Crippen LogP contribution is 2.36. The molecule has 1 heterocycles. The van der Waals surface area contributed by atoms with Crippen LogP contribution in [0.25, 0.3) is 0 Å². The van der Waals surface area contributed by atoms with Crippen LogP contribution in [0, 0.1) is 5.92 Å². The molecule has 1 atom stereocenters. The molecule has 4 heteroatoms. The summed E-state index contributed by atoms with van der Waals surface area (Å²) in [6.45, 7) is 3.49. The van der Waals surface area contributed by atoms with Crippen molar-refractivity contribution >= 4 is 11.6 Å². The van der Waals surface area contributed by atoms with Crippen LogP contribution >= 0.6 is 0 Å². The van der Waals surface area contributed by atoms with Crippen LogP contribution in [0.15, 0.2) is 18.2 Å². The Balaban J connectivity index is 2.17. The van der Waals surface area contributed by atoms with Crippen molar-refractivity contribution in [3.63, 3.8) is 0 Å². The molecule has 1 aliphatic rings. The third-order valence-electron chi connectivity index (χ3n) is 3.95. The number of anilines is 1. The summed E-state index contributed by atoms with van der Waals surface area (Å²) in [5.74, 6) is 1.36. The summed E-state index contributed by atoms with van der Waals surface area (Å²) in [5.41, 5.74) is 7.78. The summed E-state index contributed by atoms with van der Waals surface area (Å²) in [4.78, 5) is 14.4. The average molecular weight is 276 g/mol. The molecule has 0 spiro atoms. The summed E-state index contributed by atoms with van der Waals surface area (Å²) in [6, 6.07) is 5.99. The first-order chi connectivity index (χ1) is 9.67. The molecule has 0 saturated heterocycles. The molecular weight excluding hydrogens is 252 g/mol. The number of carbonyl (C=O) groups excluding carboxylic acids is 1. The van der Waals surface area contributed by atoms with E-state index in [1.807, 2.05) is 17.0 Å². The van der Waals surface area contributed by atoms with Crippen molar-refractivity contribution in [1.82, 2.24) is 0 Å². The molecule has 1 aromatic rings. The Labute approximate surface area is 120 Å². The smallest absolute Gasteiger partial charge is 0.227 e. The molecule has 2 N–H and O–H groups in total. The molecule has 0 bridgehead atoms. The molecule has 20 heavy (non-hydrogen) atoms. The van der Waals surface area contributed by atoms with Gasteiger partial charge in [-0.3, -0.25) is 4.79 Å². The summed E-state index contributed by atoms with van der Waals surface area (Å²) >= 11 is 0. The Bertz CT molecular complexity index is 459. The van der Waals surface area contributed by atoms with Crippen LogP contribution in [0.4, 0.5) is 5.69 Å². The number of nitrogens with zero attached hydrogens (tertiary/aromatic N) is 1. The van der Waals surface area contributed by atoms with E-state index in [9.17, 15) is 4.79 Å². The van der Waals surface area contributed by atoms with Gasteiger partial charge in [-0.2, -0.15) is 0 Å². The molecule has 4 nitrogen and oxygen atoms in total. The number of amides is 1. The Morgan fingerprint density at radius 1 is 1.50 bits per heavy atom. The summed E-state index contributed by atoms with van der Waals surface area (Å²) in [6.07, 6.45) is 3.42. The maximum absolute atomic E-state index is 12.5. The Morgan fingerprint density at radius 3 is 3.00 bits per heavy atom. The van der Waals surface area contributed by atoms with E-state index >= 15 is 0 Å². The standard InChI is InChI=1S/C16H24N2O2/c1-12(11-17)8-9-15(19)18-10-4-6-13-5-3-7-14(20-2)16(13)18/h3,5,7,12H,4,6,8-11,17H2,1-2H3. The minimum Gasteiger partial charge on any atom is -0.495 e.